The Morgan fingerprint density at radius 3 is 2.46 bits per heavy atom. The molecule has 4 heteroatoms. The van der Waals surface area contributed by atoms with Crippen molar-refractivity contribution in [2.75, 3.05) is 0 Å². The first-order valence-electron chi connectivity index (χ1n) is 3.90. The predicted molar refractivity (Wildman–Crippen MR) is 49.5 cm³/mol. The average Bonchev–Trinajstić information content (AvgIpc) is 2.08. The third-order valence-corrected chi connectivity index (χ3v) is 2.00. The second-order valence-corrected chi connectivity index (χ2v) is 3.30. The summed E-state index contributed by atoms with van der Waals surface area (Å²) in [5.41, 5.74) is 4.46. The molecule has 1 atom stereocenters. The minimum atomic E-state index is -0.880. The fourth-order valence-corrected chi connectivity index (χ4v) is 1.12. The molecule has 1 rings (SSSR count). The van der Waals surface area contributed by atoms with Gasteiger partial charge in [-0.2, -0.15) is 0 Å². The lowest BCUT2D eigenvalue weighted by atomic mass is 10.1. The summed E-state index contributed by atoms with van der Waals surface area (Å²) < 4.78 is 0. The van der Waals surface area contributed by atoms with E-state index in [0.29, 0.717) is 11.4 Å². The fraction of sp³-hybridized carbons (Fsp3) is 0.222. The highest BCUT2D eigenvalue weighted by atomic mass is 35.5. The van der Waals surface area contributed by atoms with Gasteiger partial charge in [0.1, 0.15) is 0 Å². The van der Waals surface area contributed by atoms with E-state index >= 15 is 0 Å². The van der Waals surface area contributed by atoms with E-state index in [1.54, 1.807) is 12.1 Å². The third kappa shape index (κ3) is 3.05. The molecule has 0 aliphatic carbocycles. The number of hydrogen-bond acceptors (Lipinski definition) is 1. The molecule has 70 valence electrons. The molecule has 1 aromatic rings. The highest BCUT2D eigenvalue weighted by molar-refractivity contribution is 6.30. The van der Waals surface area contributed by atoms with Crippen molar-refractivity contribution in [2.45, 2.75) is 12.5 Å². The van der Waals surface area contributed by atoms with Crippen molar-refractivity contribution in [3.63, 3.8) is 0 Å². The van der Waals surface area contributed by atoms with Crippen LogP contribution in [0.3, 0.4) is 0 Å². The molecule has 0 saturated heterocycles. The van der Waals surface area contributed by atoms with Crippen molar-refractivity contribution >= 4 is 17.6 Å². The molecule has 0 saturated carbocycles. The Bertz CT molecular complexity index is 297. The molecule has 0 fully saturated rings. The minimum Gasteiger partial charge on any atom is -0.477 e. The molecule has 1 aromatic carbocycles. The zero-order valence-electron chi connectivity index (χ0n) is 7.03. The van der Waals surface area contributed by atoms with Gasteiger partial charge in [-0.25, -0.2) is 4.79 Å². The number of aliphatic carboxylic acids is 1. The van der Waals surface area contributed by atoms with Crippen LogP contribution in [-0.2, 0) is 11.2 Å². The van der Waals surface area contributed by atoms with Gasteiger partial charge in [-0.15, -0.1) is 0 Å². The molecular formula is C9H11ClNO2+. The second-order valence-electron chi connectivity index (χ2n) is 2.87. The van der Waals surface area contributed by atoms with Gasteiger partial charge in [0.05, 0.1) is 0 Å². The molecule has 0 spiro atoms. The quantitative estimate of drug-likeness (QED) is 0.750. The summed E-state index contributed by atoms with van der Waals surface area (Å²) in [6, 6.07) is 6.50. The van der Waals surface area contributed by atoms with Crippen molar-refractivity contribution in [1.82, 2.24) is 0 Å². The predicted octanol–water partition coefficient (Wildman–Crippen LogP) is 0.578. The van der Waals surface area contributed by atoms with E-state index in [2.05, 4.69) is 5.73 Å². The molecule has 0 bridgehead atoms. The maximum atomic E-state index is 10.5. The van der Waals surface area contributed by atoms with Crippen LogP contribution in [0.15, 0.2) is 24.3 Å². The molecule has 0 aliphatic rings. The lowest BCUT2D eigenvalue weighted by Crippen LogP contribution is -2.65. The van der Waals surface area contributed by atoms with Crippen LogP contribution < -0.4 is 5.73 Å². The topological polar surface area (TPSA) is 64.9 Å². The van der Waals surface area contributed by atoms with E-state index in [-0.39, 0.29) is 0 Å². The fourth-order valence-electron chi connectivity index (χ4n) is 0.992. The standard InChI is InChI=1S/C9H10ClNO2/c10-7-3-1-6(2-4-7)5-8(11)9(12)13/h1-4,8H,5,11H2,(H,12,13)/p+1. The number of rotatable bonds is 3. The van der Waals surface area contributed by atoms with Gasteiger partial charge in [0, 0.05) is 11.4 Å². The molecule has 1 unspecified atom stereocenters. The molecule has 13 heavy (non-hydrogen) atoms. The van der Waals surface area contributed by atoms with Gasteiger partial charge in [0.15, 0.2) is 6.04 Å². The van der Waals surface area contributed by atoms with E-state index in [4.69, 9.17) is 16.7 Å². The number of carboxylic acids is 1. The maximum Gasteiger partial charge on any atom is 0.362 e. The first kappa shape index (κ1) is 10.0. The smallest absolute Gasteiger partial charge is 0.362 e. The first-order chi connectivity index (χ1) is 6.09. The Hall–Kier alpha value is -1.06. The maximum absolute atomic E-state index is 10.5. The number of carboxylic acid groups (broad SMARTS) is 1. The van der Waals surface area contributed by atoms with E-state index in [0.717, 1.165) is 5.56 Å². The lowest BCUT2D eigenvalue weighted by molar-refractivity contribution is -0.407. The Labute approximate surface area is 81.1 Å². The first-order valence-corrected chi connectivity index (χ1v) is 4.27. The monoisotopic (exact) mass is 200 g/mol. The zero-order valence-corrected chi connectivity index (χ0v) is 7.79. The highest BCUT2D eigenvalue weighted by Crippen LogP contribution is 2.10. The van der Waals surface area contributed by atoms with Gasteiger partial charge in [-0.05, 0) is 17.7 Å². The molecule has 0 heterocycles. The van der Waals surface area contributed by atoms with Gasteiger partial charge < -0.3 is 10.8 Å². The van der Waals surface area contributed by atoms with Crippen LogP contribution in [0.5, 0.6) is 0 Å². The van der Waals surface area contributed by atoms with Crippen LogP contribution in [-0.4, -0.2) is 17.1 Å². The van der Waals surface area contributed by atoms with Crippen molar-refractivity contribution in [2.24, 2.45) is 0 Å². The molecule has 0 amide bonds. The number of benzene rings is 1. The minimum absolute atomic E-state index is 0.437. The van der Waals surface area contributed by atoms with Crippen molar-refractivity contribution in [1.29, 1.82) is 0 Å². The summed E-state index contributed by atoms with van der Waals surface area (Å²) in [5.74, 6) is -0.880. The van der Waals surface area contributed by atoms with Crippen LogP contribution >= 0.6 is 11.6 Å². The molecule has 0 radical (unpaired) electrons. The number of carbonyl (C=O) groups is 1. The number of hydrogen-bond donors (Lipinski definition) is 2. The Kier molecular flexibility index (Phi) is 3.28. The number of halogens is 1. The van der Waals surface area contributed by atoms with E-state index < -0.39 is 12.0 Å². The summed E-state index contributed by atoms with van der Waals surface area (Å²) in [5, 5.41) is 9.26. The summed E-state index contributed by atoms with van der Waals surface area (Å²) in [6.45, 7) is 0. The average molecular weight is 201 g/mol. The van der Waals surface area contributed by atoms with Gasteiger partial charge in [-0.1, -0.05) is 23.7 Å². The van der Waals surface area contributed by atoms with E-state index in [1.165, 1.54) is 0 Å². The van der Waals surface area contributed by atoms with Crippen LogP contribution in [0.1, 0.15) is 5.56 Å². The van der Waals surface area contributed by atoms with Crippen LogP contribution in [0.2, 0.25) is 5.02 Å². The molecule has 3 nitrogen and oxygen atoms in total. The van der Waals surface area contributed by atoms with Gasteiger partial charge in [0.2, 0.25) is 0 Å². The van der Waals surface area contributed by atoms with E-state index in [1.807, 2.05) is 12.1 Å². The van der Waals surface area contributed by atoms with Gasteiger partial charge in [-0.3, -0.25) is 0 Å². The summed E-state index contributed by atoms with van der Waals surface area (Å²) in [6.07, 6.45) is 0.437. The molecule has 0 aromatic heterocycles. The van der Waals surface area contributed by atoms with Crippen molar-refractivity contribution in [3.8, 4) is 0 Å². The zero-order chi connectivity index (χ0) is 9.84. The largest absolute Gasteiger partial charge is 0.477 e. The van der Waals surface area contributed by atoms with Gasteiger partial charge >= 0.3 is 5.97 Å². The SMILES string of the molecule is [NH3+]C(Cc1ccc(Cl)cc1)C(=O)O. The third-order valence-electron chi connectivity index (χ3n) is 1.74. The Morgan fingerprint density at radius 1 is 1.46 bits per heavy atom. The van der Waals surface area contributed by atoms with Crippen LogP contribution in [0, 0.1) is 0 Å². The van der Waals surface area contributed by atoms with E-state index in [9.17, 15) is 4.79 Å². The van der Waals surface area contributed by atoms with Gasteiger partial charge in [0.25, 0.3) is 0 Å². The summed E-state index contributed by atoms with van der Waals surface area (Å²) >= 11 is 5.68. The Balaban J connectivity index is 2.64. The molecule has 0 aliphatic heterocycles. The molecule has 4 N–H and O–H groups in total. The summed E-state index contributed by atoms with van der Waals surface area (Å²) in [4.78, 5) is 10.5. The number of quaternary nitrogens is 1. The Morgan fingerprint density at radius 2 is 2.00 bits per heavy atom. The lowest BCUT2D eigenvalue weighted by Gasteiger charge is -2.02. The van der Waals surface area contributed by atoms with Crippen LogP contribution in [0.4, 0.5) is 0 Å². The summed E-state index contributed by atoms with van der Waals surface area (Å²) in [7, 11) is 0. The normalized spacial score (nSPS) is 12.5. The van der Waals surface area contributed by atoms with Crippen molar-refractivity contribution < 1.29 is 15.6 Å². The second kappa shape index (κ2) is 4.25. The molecular weight excluding hydrogens is 190 g/mol. The highest BCUT2D eigenvalue weighted by Gasteiger charge is 2.15. The van der Waals surface area contributed by atoms with Crippen molar-refractivity contribution in [3.05, 3.63) is 34.9 Å². The van der Waals surface area contributed by atoms with Crippen LogP contribution in [0.25, 0.3) is 0 Å².